The van der Waals surface area contributed by atoms with Crippen LogP contribution in [0.1, 0.15) is 55.2 Å². The Morgan fingerprint density at radius 2 is 2.05 bits per heavy atom. The summed E-state index contributed by atoms with van der Waals surface area (Å²) in [4.78, 5) is 12.0. The van der Waals surface area contributed by atoms with Gasteiger partial charge in [-0.2, -0.15) is 0 Å². The standard InChI is InChI=1S/C17H23NO2/c1-12-7-8-13-9-10-17(16(19)20,15(13)11-12)18-14-5-3-2-4-6-14/h7-8,11,14,18H,2-6,9-10H2,1H3,(H,19,20). The predicted molar refractivity (Wildman–Crippen MR) is 78.8 cm³/mol. The maximum Gasteiger partial charge on any atom is 0.328 e. The van der Waals surface area contributed by atoms with Crippen LogP contribution in [0.15, 0.2) is 18.2 Å². The number of hydrogen-bond acceptors (Lipinski definition) is 2. The second-order valence-corrected chi connectivity index (χ2v) is 6.35. The minimum atomic E-state index is -0.858. The normalized spacial score (nSPS) is 26.4. The molecule has 1 unspecified atom stereocenters. The number of carboxylic acids is 1. The molecule has 2 N–H and O–H groups in total. The molecule has 3 nitrogen and oxygen atoms in total. The van der Waals surface area contributed by atoms with Gasteiger partial charge in [0.05, 0.1) is 0 Å². The van der Waals surface area contributed by atoms with E-state index in [1.807, 2.05) is 6.92 Å². The summed E-state index contributed by atoms with van der Waals surface area (Å²) in [6.45, 7) is 2.03. The van der Waals surface area contributed by atoms with Crippen molar-refractivity contribution in [1.82, 2.24) is 5.32 Å². The van der Waals surface area contributed by atoms with Gasteiger partial charge in [-0.3, -0.25) is 5.32 Å². The number of fused-ring (bicyclic) bond motifs is 1. The van der Waals surface area contributed by atoms with E-state index in [0.29, 0.717) is 12.5 Å². The summed E-state index contributed by atoms with van der Waals surface area (Å²) in [5, 5.41) is 13.4. The number of aryl methyl sites for hydroxylation is 2. The summed E-state index contributed by atoms with van der Waals surface area (Å²) in [6, 6.07) is 6.59. The van der Waals surface area contributed by atoms with Gasteiger partial charge in [0, 0.05) is 6.04 Å². The smallest absolute Gasteiger partial charge is 0.328 e. The molecule has 1 aromatic rings. The minimum Gasteiger partial charge on any atom is -0.480 e. The monoisotopic (exact) mass is 273 g/mol. The van der Waals surface area contributed by atoms with Gasteiger partial charge in [-0.1, -0.05) is 43.0 Å². The van der Waals surface area contributed by atoms with Crippen LogP contribution in [0.4, 0.5) is 0 Å². The third-order valence-corrected chi connectivity index (χ3v) is 4.92. The van der Waals surface area contributed by atoms with Gasteiger partial charge >= 0.3 is 5.97 Å². The molecule has 1 saturated carbocycles. The van der Waals surface area contributed by atoms with Crippen LogP contribution in [0.2, 0.25) is 0 Å². The first-order valence-corrected chi connectivity index (χ1v) is 7.73. The van der Waals surface area contributed by atoms with Crippen molar-refractivity contribution in [3.05, 3.63) is 34.9 Å². The Bertz CT molecular complexity index is 520. The summed E-state index contributed by atoms with van der Waals surface area (Å²) in [5.74, 6) is -0.715. The minimum absolute atomic E-state index is 0.353. The average Bonchev–Trinajstić information content (AvgIpc) is 2.80. The van der Waals surface area contributed by atoms with E-state index in [2.05, 4.69) is 23.5 Å². The highest BCUT2D eigenvalue weighted by Crippen LogP contribution is 2.39. The second-order valence-electron chi connectivity index (χ2n) is 6.35. The third kappa shape index (κ3) is 2.24. The van der Waals surface area contributed by atoms with Crippen LogP contribution in [0.3, 0.4) is 0 Å². The van der Waals surface area contributed by atoms with Crippen LogP contribution in [0, 0.1) is 6.92 Å². The first-order chi connectivity index (χ1) is 9.62. The van der Waals surface area contributed by atoms with Gasteiger partial charge in [-0.05, 0) is 43.7 Å². The SMILES string of the molecule is Cc1ccc2c(c1)C(NC1CCCCC1)(C(=O)O)CC2. The lowest BCUT2D eigenvalue weighted by atomic mass is 9.87. The Balaban J connectivity index is 1.94. The van der Waals surface area contributed by atoms with Crippen molar-refractivity contribution in [2.45, 2.75) is 63.5 Å². The average molecular weight is 273 g/mol. The molecular formula is C17H23NO2. The van der Waals surface area contributed by atoms with Gasteiger partial charge in [0.25, 0.3) is 0 Å². The summed E-state index contributed by atoms with van der Waals surface area (Å²) in [6.07, 6.45) is 7.47. The Morgan fingerprint density at radius 3 is 2.75 bits per heavy atom. The second kappa shape index (κ2) is 5.21. The highest BCUT2D eigenvalue weighted by atomic mass is 16.4. The number of hydrogen-bond donors (Lipinski definition) is 2. The molecule has 0 radical (unpaired) electrons. The maximum absolute atomic E-state index is 12.0. The Labute approximate surface area is 120 Å². The van der Waals surface area contributed by atoms with Crippen molar-refractivity contribution < 1.29 is 9.90 Å². The molecule has 3 rings (SSSR count). The van der Waals surface area contributed by atoms with Gasteiger partial charge in [0.1, 0.15) is 5.54 Å². The van der Waals surface area contributed by atoms with Crippen LogP contribution in [0.5, 0.6) is 0 Å². The van der Waals surface area contributed by atoms with E-state index >= 15 is 0 Å². The molecule has 3 heteroatoms. The molecule has 0 amide bonds. The van der Waals surface area contributed by atoms with E-state index in [4.69, 9.17) is 0 Å². The van der Waals surface area contributed by atoms with E-state index in [1.165, 1.54) is 24.8 Å². The van der Waals surface area contributed by atoms with Crippen LogP contribution in [-0.4, -0.2) is 17.1 Å². The number of benzene rings is 1. The van der Waals surface area contributed by atoms with Crippen molar-refractivity contribution in [1.29, 1.82) is 0 Å². The Hall–Kier alpha value is -1.35. The molecule has 1 aromatic carbocycles. The molecule has 0 aliphatic heterocycles. The van der Waals surface area contributed by atoms with Crippen LogP contribution in [-0.2, 0) is 16.8 Å². The van der Waals surface area contributed by atoms with E-state index in [0.717, 1.165) is 30.4 Å². The number of nitrogens with one attached hydrogen (secondary N) is 1. The molecule has 0 spiro atoms. The van der Waals surface area contributed by atoms with Crippen molar-refractivity contribution in [2.24, 2.45) is 0 Å². The lowest BCUT2D eigenvalue weighted by molar-refractivity contribution is -0.146. The predicted octanol–water partition coefficient (Wildman–Crippen LogP) is 3.14. The summed E-state index contributed by atoms with van der Waals surface area (Å²) >= 11 is 0. The third-order valence-electron chi connectivity index (χ3n) is 4.92. The molecule has 0 heterocycles. The van der Waals surface area contributed by atoms with Gasteiger partial charge in [-0.25, -0.2) is 4.79 Å². The molecular weight excluding hydrogens is 250 g/mol. The van der Waals surface area contributed by atoms with Crippen LogP contribution < -0.4 is 5.32 Å². The molecule has 2 aliphatic rings. The molecule has 0 bridgehead atoms. The van der Waals surface area contributed by atoms with E-state index < -0.39 is 11.5 Å². The van der Waals surface area contributed by atoms with Crippen molar-refractivity contribution in [3.63, 3.8) is 0 Å². The van der Waals surface area contributed by atoms with Gasteiger partial charge in [0.15, 0.2) is 0 Å². The fraction of sp³-hybridized carbons (Fsp3) is 0.588. The molecule has 1 fully saturated rings. The van der Waals surface area contributed by atoms with Crippen LogP contribution >= 0.6 is 0 Å². The van der Waals surface area contributed by atoms with Crippen LogP contribution in [0.25, 0.3) is 0 Å². The lowest BCUT2D eigenvalue weighted by Gasteiger charge is -2.34. The number of carboxylic acid groups (broad SMARTS) is 1. The molecule has 20 heavy (non-hydrogen) atoms. The first kappa shape index (κ1) is 13.6. The highest BCUT2D eigenvalue weighted by molar-refractivity contribution is 5.82. The van der Waals surface area contributed by atoms with Crippen molar-refractivity contribution in [2.75, 3.05) is 0 Å². The van der Waals surface area contributed by atoms with Crippen molar-refractivity contribution >= 4 is 5.97 Å². The number of rotatable bonds is 3. The Morgan fingerprint density at radius 1 is 1.30 bits per heavy atom. The largest absolute Gasteiger partial charge is 0.480 e. The number of carbonyl (C=O) groups is 1. The van der Waals surface area contributed by atoms with Crippen molar-refractivity contribution in [3.8, 4) is 0 Å². The first-order valence-electron chi connectivity index (χ1n) is 7.73. The highest BCUT2D eigenvalue weighted by Gasteiger charge is 2.46. The zero-order chi connectivity index (χ0) is 14.2. The van der Waals surface area contributed by atoms with E-state index in [9.17, 15) is 9.90 Å². The van der Waals surface area contributed by atoms with E-state index in [-0.39, 0.29) is 0 Å². The van der Waals surface area contributed by atoms with Gasteiger partial charge in [0.2, 0.25) is 0 Å². The molecule has 2 aliphatic carbocycles. The summed E-state index contributed by atoms with van der Waals surface area (Å²) in [7, 11) is 0. The zero-order valence-electron chi connectivity index (χ0n) is 12.1. The van der Waals surface area contributed by atoms with Gasteiger partial charge < -0.3 is 5.11 Å². The molecule has 1 atom stereocenters. The van der Waals surface area contributed by atoms with Gasteiger partial charge in [-0.15, -0.1) is 0 Å². The molecule has 0 aromatic heterocycles. The Kier molecular flexibility index (Phi) is 3.55. The maximum atomic E-state index is 12.0. The lowest BCUT2D eigenvalue weighted by Crippen LogP contribution is -2.52. The number of aliphatic carboxylic acids is 1. The summed E-state index contributed by atoms with van der Waals surface area (Å²) in [5.41, 5.74) is 2.47. The van der Waals surface area contributed by atoms with E-state index in [1.54, 1.807) is 0 Å². The topological polar surface area (TPSA) is 49.3 Å². The zero-order valence-corrected chi connectivity index (χ0v) is 12.1. The fourth-order valence-electron chi connectivity index (χ4n) is 3.79. The fourth-order valence-corrected chi connectivity index (χ4v) is 3.79. The molecule has 0 saturated heterocycles. The quantitative estimate of drug-likeness (QED) is 0.889. The summed E-state index contributed by atoms with van der Waals surface area (Å²) < 4.78 is 0. The molecule has 108 valence electrons.